The van der Waals surface area contributed by atoms with E-state index in [1.54, 1.807) is 24.3 Å². The summed E-state index contributed by atoms with van der Waals surface area (Å²) >= 11 is 0. The standard InChI is InChI=1S/C20H22N2O5/c1-3-14-7-4-5-10-17(14)22-18(23)12-21-19(24)13-27-20(25)15-8-6-9-16(11-15)26-2/h4-11H,3,12-13H2,1-2H3,(H,21,24)(H,22,23). The van der Waals surface area contributed by atoms with Gasteiger partial charge in [-0.3, -0.25) is 9.59 Å². The van der Waals surface area contributed by atoms with Crippen LogP contribution in [0.5, 0.6) is 5.75 Å². The van der Waals surface area contributed by atoms with E-state index in [1.165, 1.54) is 13.2 Å². The number of hydrogen-bond acceptors (Lipinski definition) is 5. The maximum Gasteiger partial charge on any atom is 0.338 e. The van der Waals surface area contributed by atoms with Gasteiger partial charge in [0.15, 0.2) is 6.61 Å². The summed E-state index contributed by atoms with van der Waals surface area (Å²) in [5.41, 5.74) is 1.99. The zero-order valence-electron chi connectivity index (χ0n) is 15.3. The first-order chi connectivity index (χ1) is 13.0. The molecule has 2 aromatic carbocycles. The second-order valence-corrected chi connectivity index (χ2v) is 5.64. The molecule has 2 amide bonds. The minimum absolute atomic E-state index is 0.215. The van der Waals surface area contributed by atoms with Crippen LogP contribution in [0.2, 0.25) is 0 Å². The van der Waals surface area contributed by atoms with Crippen molar-refractivity contribution in [3.8, 4) is 5.75 Å². The second kappa shape index (κ2) is 9.96. The lowest BCUT2D eigenvalue weighted by atomic mass is 10.1. The molecule has 0 saturated carbocycles. The largest absolute Gasteiger partial charge is 0.497 e. The van der Waals surface area contributed by atoms with Crippen LogP contribution in [0, 0.1) is 0 Å². The molecular formula is C20H22N2O5. The Morgan fingerprint density at radius 1 is 1.00 bits per heavy atom. The molecule has 0 heterocycles. The van der Waals surface area contributed by atoms with E-state index in [2.05, 4.69) is 10.6 Å². The Bertz CT molecular complexity index is 820. The highest BCUT2D eigenvalue weighted by molar-refractivity contribution is 5.96. The molecule has 0 aliphatic heterocycles. The molecule has 0 aliphatic rings. The molecule has 0 spiro atoms. The van der Waals surface area contributed by atoms with Crippen molar-refractivity contribution in [3.05, 3.63) is 59.7 Å². The number of carbonyl (C=O) groups is 3. The van der Waals surface area contributed by atoms with Crippen LogP contribution in [-0.4, -0.2) is 38.0 Å². The van der Waals surface area contributed by atoms with Crippen LogP contribution in [-0.2, 0) is 20.7 Å². The molecule has 0 aromatic heterocycles. The van der Waals surface area contributed by atoms with Crippen LogP contribution < -0.4 is 15.4 Å². The Morgan fingerprint density at radius 3 is 2.52 bits per heavy atom. The van der Waals surface area contributed by atoms with Gasteiger partial charge in [0.1, 0.15) is 5.75 Å². The van der Waals surface area contributed by atoms with E-state index in [0.717, 1.165) is 12.0 Å². The molecule has 2 aromatic rings. The lowest BCUT2D eigenvalue weighted by Gasteiger charge is -2.10. The minimum atomic E-state index is -0.648. The van der Waals surface area contributed by atoms with E-state index in [9.17, 15) is 14.4 Å². The summed E-state index contributed by atoms with van der Waals surface area (Å²) in [6.07, 6.45) is 0.781. The van der Waals surface area contributed by atoms with E-state index in [1.807, 2.05) is 25.1 Å². The number of para-hydroxylation sites is 1. The van der Waals surface area contributed by atoms with Crippen LogP contribution in [0.15, 0.2) is 48.5 Å². The number of carbonyl (C=O) groups excluding carboxylic acids is 3. The van der Waals surface area contributed by atoms with E-state index in [4.69, 9.17) is 9.47 Å². The fourth-order valence-electron chi connectivity index (χ4n) is 2.34. The van der Waals surface area contributed by atoms with Crippen molar-refractivity contribution in [3.63, 3.8) is 0 Å². The first kappa shape index (κ1) is 20.0. The first-order valence-corrected chi connectivity index (χ1v) is 8.49. The molecule has 0 saturated heterocycles. The zero-order valence-corrected chi connectivity index (χ0v) is 15.3. The summed E-state index contributed by atoms with van der Waals surface area (Å²) in [6.45, 7) is 1.30. The molecule has 2 N–H and O–H groups in total. The van der Waals surface area contributed by atoms with Crippen LogP contribution in [0.3, 0.4) is 0 Å². The van der Waals surface area contributed by atoms with Gasteiger partial charge in [0, 0.05) is 5.69 Å². The third-order valence-electron chi connectivity index (χ3n) is 3.76. The fourth-order valence-corrected chi connectivity index (χ4v) is 2.34. The number of rotatable bonds is 8. The molecule has 27 heavy (non-hydrogen) atoms. The Balaban J connectivity index is 1.77. The number of methoxy groups -OCH3 is 1. The van der Waals surface area contributed by atoms with Crippen molar-refractivity contribution in [1.29, 1.82) is 0 Å². The Labute approximate surface area is 157 Å². The summed E-state index contributed by atoms with van der Waals surface area (Å²) in [4.78, 5) is 35.7. The predicted molar refractivity (Wildman–Crippen MR) is 101 cm³/mol. The zero-order chi connectivity index (χ0) is 19.6. The normalized spacial score (nSPS) is 10.0. The smallest absolute Gasteiger partial charge is 0.338 e. The summed E-state index contributed by atoms with van der Waals surface area (Å²) in [5.74, 6) is -1.06. The van der Waals surface area contributed by atoms with Crippen molar-refractivity contribution in [2.75, 3.05) is 25.6 Å². The third-order valence-corrected chi connectivity index (χ3v) is 3.76. The summed E-state index contributed by atoms with van der Waals surface area (Å²) in [6, 6.07) is 13.9. The monoisotopic (exact) mass is 370 g/mol. The van der Waals surface area contributed by atoms with E-state index < -0.39 is 18.5 Å². The lowest BCUT2D eigenvalue weighted by molar-refractivity contribution is -0.126. The summed E-state index contributed by atoms with van der Waals surface area (Å²) in [5, 5.41) is 5.16. The van der Waals surface area contributed by atoms with Crippen molar-refractivity contribution in [2.45, 2.75) is 13.3 Å². The second-order valence-electron chi connectivity index (χ2n) is 5.64. The average molecular weight is 370 g/mol. The molecule has 0 bridgehead atoms. The number of benzene rings is 2. The lowest BCUT2D eigenvalue weighted by Crippen LogP contribution is -2.35. The van der Waals surface area contributed by atoms with Gasteiger partial charge in [0.2, 0.25) is 5.91 Å². The molecule has 0 unspecified atom stereocenters. The van der Waals surface area contributed by atoms with E-state index in [-0.39, 0.29) is 18.0 Å². The van der Waals surface area contributed by atoms with Gasteiger partial charge in [-0.1, -0.05) is 31.2 Å². The summed E-state index contributed by atoms with van der Waals surface area (Å²) in [7, 11) is 1.49. The van der Waals surface area contributed by atoms with Gasteiger partial charge in [-0.15, -0.1) is 0 Å². The van der Waals surface area contributed by atoms with Gasteiger partial charge in [-0.05, 0) is 36.2 Å². The number of aryl methyl sites for hydroxylation is 1. The van der Waals surface area contributed by atoms with Crippen LogP contribution >= 0.6 is 0 Å². The maximum atomic E-state index is 12.0. The van der Waals surface area contributed by atoms with Crippen LogP contribution in [0.1, 0.15) is 22.8 Å². The van der Waals surface area contributed by atoms with Crippen molar-refractivity contribution >= 4 is 23.5 Å². The molecule has 7 nitrogen and oxygen atoms in total. The number of hydrogen-bond donors (Lipinski definition) is 2. The molecule has 2 rings (SSSR count). The Morgan fingerprint density at radius 2 is 1.78 bits per heavy atom. The topological polar surface area (TPSA) is 93.7 Å². The number of esters is 1. The predicted octanol–water partition coefficient (Wildman–Crippen LogP) is 2.17. The Hall–Kier alpha value is -3.35. The van der Waals surface area contributed by atoms with Gasteiger partial charge in [-0.2, -0.15) is 0 Å². The van der Waals surface area contributed by atoms with Gasteiger partial charge in [0.05, 0.1) is 19.2 Å². The van der Waals surface area contributed by atoms with Gasteiger partial charge < -0.3 is 20.1 Å². The summed E-state index contributed by atoms with van der Waals surface area (Å²) < 4.78 is 9.97. The van der Waals surface area contributed by atoms with E-state index >= 15 is 0 Å². The quantitative estimate of drug-likeness (QED) is 0.695. The number of amides is 2. The van der Waals surface area contributed by atoms with E-state index in [0.29, 0.717) is 11.4 Å². The average Bonchev–Trinajstić information content (AvgIpc) is 2.70. The molecule has 7 heteroatoms. The highest BCUT2D eigenvalue weighted by Gasteiger charge is 2.12. The van der Waals surface area contributed by atoms with Gasteiger partial charge in [-0.25, -0.2) is 4.79 Å². The van der Waals surface area contributed by atoms with Crippen molar-refractivity contribution < 1.29 is 23.9 Å². The minimum Gasteiger partial charge on any atom is -0.497 e. The van der Waals surface area contributed by atoms with Crippen molar-refractivity contribution in [1.82, 2.24) is 5.32 Å². The fraction of sp³-hybridized carbons (Fsp3) is 0.250. The molecule has 142 valence electrons. The van der Waals surface area contributed by atoms with Gasteiger partial charge in [0.25, 0.3) is 5.91 Å². The Kier molecular flexibility index (Phi) is 7.37. The molecular weight excluding hydrogens is 348 g/mol. The number of ether oxygens (including phenoxy) is 2. The molecule has 0 radical (unpaired) electrons. The highest BCUT2D eigenvalue weighted by atomic mass is 16.5. The first-order valence-electron chi connectivity index (χ1n) is 8.49. The third kappa shape index (κ3) is 6.14. The number of nitrogens with one attached hydrogen (secondary N) is 2. The van der Waals surface area contributed by atoms with Crippen LogP contribution in [0.25, 0.3) is 0 Å². The maximum absolute atomic E-state index is 12.0. The highest BCUT2D eigenvalue weighted by Crippen LogP contribution is 2.15. The van der Waals surface area contributed by atoms with Crippen molar-refractivity contribution in [2.24, 2.45) is 0 Å². The molecule has 0 atom stereocenters. The van der Waals surface area contributed by atoms with Crippen LogP contribution in [0.4, 0.5) is 5.69 Å². The number of anilines is 1. The van der Waals surface area contributed by atoms with Gasteiger partial charge >= 0.3 is 5.97 Å². The SMILES string of the molecule is CCc1ccccc1NC(=O)CNC(=O)COC(=O)c1cccc(OC)c1. The molecule has 0 aliphatic carbocycles. The molecule has 0 fully saturated rings.